The second kappa shape index (κ2) is 6.31. The molecule has 0 amide bonds. The number of rotatable bonds is 6. The van der Waals surface area contributed by atoms with E-state index in [4.69, 9.17) is 4.98 Å². The summed E-state index contributed by atoms with van der Waals surface area (Å²) in [4.78, 5) is 4.75. The number of anilines is 2. The molecular formula is C19H19N3. The molecule has 0 fully saturated rings. The summed E-state index contributed by atoms with van der Waals surface area (Å²) in [6, 6.07) is 14.5. The summed E-state index contributed by atoms with van der Waals surface area (Å²) in [6.07, 6.45) is 3.70. The smallest absolute Gasteiger partial charge is 0.0732 e. The number of fused-ring (bicyclic) bond motifs is 2. The highest BCUT2D eigenvalue weighted by Gasteiger charge is 2.09. The fourth-order valence-corrected chi connectivity index (χ4v) is 2.54. The van der Waals surface area contributed by atoms with Gasteiger partial charge in [0.25, 0.3) is 0 Å². The van der Waals surface area contributed by atoms with Crippen LogP contribution in [0.4, 0.5) is 11.4 Å². The lowest BCUT2D eigenvalue weighted by atomic mass is 10.1. The molecule has 22 heavy (non-hydrogen) atoms. The number of hydrogen-bond acceptors (Lipinski definition) is 3. The fourth-order valence-electron chi connectivity index (χ4n) is 2.54. The summed E-state index contributed by atoms with van der Waals surface area (Å²) in [5, 5.41) is 9.04. The Balaban J connectivity index is 2.21. The predicted octanol–water partition coefficient (Wildman–Crippen LogP) is 4.58. The van der Waals surface area contributed by atoms with Crippen molar-refractivity contribution in [1.82, 2.24) is 4.98 Å². The first-order valence-corrected chi connectivity index (χ1v) is 7.35. The molecule has 2 N–H and O–H groups in total. The summed E-state index contributed by atoms with van der Waals surface area (Å²) < 4.78 is 0. The van der Waals surface area contributed by atoms with Crippen molar-refractivity contribution >= 4 is 33.2 Å². The summed E-state index contributed by atoms with van der Waals surface area (Å²) in [5.74, 6) is 0. The van der Waals surface area contributed by atoms with Crippen LogP contribution in [-0.4, -0.2) is 18.1 Å². The molecule has 3 aromatic rings. The van der Waals surface area contributed by atoms with Crippen LogP contribution in [0.1, 0.15) is 0 Å². The van der Waals surface area contributed by atoms with E-state index in [2.05, 4.69) is 42.0 Å². The maximum Gasteiger partial charge on any atom is 0.0732 e. The molecule has 2 aromatic carbocycles. The van der Waals surface area contributed by atoms with Gasteiger partial charge in [0, 0.05) is 23.9 Å². The van der Waals surface area contributed by atoms with Crippen molar-refractivity contribution in [2.24, 2.45) is 0 Å². The molecule has 0 unspecified atom stereocenters. The molecule has 1 aromatic heterocycles. The highest BCUT2D eigenvalue weighted by molar-refractivity contribution is 6.03. The third kappa shape index (κ3) is 2.66. The maximum atomic E-state index is 4.75. The first kappa shape index (κ1) is 14.1. The van der Waals surface area contributed by atoms with Crippen molar-refractivity contribution in [3.8, 4) is 0 Å². The van der Waals surface area contributed by atoms with Gasteiger partial charge in [-0.05, 0) is 24.3 Å². The SMILES string of the molecule is C=CCNc1ccc2nc3ccccc3cc2c1NCC=C. The molecule has 0 saturated heterocycles. The van der Waals surface area contributed by atoms with Crippen LogP contribution in [0.2, 0.25) is 0 Å². The Morgan fingerprint density at radius 2 is 1.68 bits per heavy atom. The summed E-state index contributed by atoms with van der Waals surface area (Å²) >= 11 is 0. The molecule has 0 radical (unpaired) electrons. The van der Waals surface area contributed by atoms with Gasteiger partial charge in [-0.1, -0.05) is 30.4 Å². The topological polar surface area (TPSA) is 37.0 Å². The molecule has 0 aliphatic carbocycles. The van der Waals surface area contributed by atoms with Crippen molar-refractivity contribution in [1.29, 1.82) is 0 Å². The Hall–Kier alpha value is -2.81. The number of pyridine rings is 1. The van der Waals surface area contributed by atoms with Crippen LogP contribution in [-0.2, 0) is 0 Å². The van der Waals surface area contributed by atoms with Crippen LogP contribution in [0.25, 0.3) is 21.8 Å². The lowest BCUT2D eigenvalue weighted by Crippen LogP contribution is -2.06. The number of aromatic nitrogens is 1. The standard InChI is InChI=1S/C19H19N3/c1-3-11-20-18-10-9-17-15(19(18)21-12-4-2)13-14-7-5-6-8-16(14)22-17/h3-10,13,20-21H,1-2,11-12H2. The number of nitrogens with zero attached hydrogens (tertiary/aromatic N) is 1. The van der Waals surface area contributed by atoms with E-state index in [9.17, 15) is 0 Å². The molecule has 0 bridgehead atoms. The van der Waals surface area contributed by atoms with Gasteiger partial charge in [0.1, 0.15) is 0 Å². The normalized spacial score (nSPS) is 10.5. The molecule has 0 aliphatic rings. The average molecular weight is 289 g/mol. The van der Waals surface area contributed by atoms with Crippen LogP contribution in [0, 0.1) is 0 Å². The monoisotopic (exact) mass is 289 g/mol. The Morgan fingerprint density at radius 3 is 2.50 bits per heavy atom. The van der Waals surface area contributed by atoms with Gasteiger partial charge < -0.3 is 10.6 Å². The van der Waals surface area contributed by atoms with Gasteiger partial charge in [-0.25, -0.2) is 4.98 Å². The van der Waals surface area contributed by atoms with E-state index in [0.717, 1.165) is 39.7 Å². The zero-order valence-electron chi connectivity index (χ0n) is 12.5. The molecule has 0 aliphatic heterocycles. The quantitative estimate of drug-likeness (QED) is 0.515. The van der Waals surface area contributed by atoms with Crippen LogP contribution in [0.15, 0.2) is 67.8 Å². The number of nitrogens with one attached hydrogen (secondary N) is 2. The van der Waals surface area contributed by atoms with E-state index < -0.39 is 0 Å². The van der Waals surface area contributed by atoms with Gasteiger partial charge in [0.05, 0.1) is 22.4 Å². The first-order valence-electron chi connectivity index (χ1n) is 7.35. The van der Waals surface area contributed by atoms with Gasteiger partial charge in [-0.2, -0.15) is 0 Å². The minimum Gasteiger partial charge on any atom is -0.380 e. The number of hydrogen-bond donors (Lipinski definition) is 2. The first-order chi connectivity index (χ1) is 10.8. The third-order valence-electron chi connectivity index (χ3n) is 3.56. The minimum absolute atomic E-state index is 0.703. The van der Waals surface area contributed by atoms with Crippen molar-refractivity contribution in [2.45, 2.75) is 0 Å². The van der Waals surface area contributed by atoms with Crippen LogP contribution < -0.4 is 10.6 Å². The van der Waals surface area contributed by atoms with E-state index in [1.165, 1.54) is 0 Å². The van der Waals surface area contributed by atoms with Crippen molar-refractivity contribution < 1.29 is 0 Å². The Bertz CT molecular complexity index is 837. The van der Waals surface area contributed by atoms with Crippen molar-refractivity contribution in [2.75, 3.05) is 23.7 Å². The van der Waals surface area contributed by atoms with Crippen LogP contribution in [0.5, 0.6) is 0 Å². The molecule has 0 saturated carbocycles. The zero-order chi connectivity index (χ0) is 15.4. The third-order valence-corrected chi connectivity index (χ3v) is 3.56. The van der Waals surface area contributed by atoms with E-state index >= 15 is 0 Å². The van der Waals surface area contributed by atoms with E-state index in [1.807, 2.05) is 36.4 Å². The number of para-hydroxylation sites is 1. The minimum atomic E-state index is 0.703. The maximum absolute atomic E-state index is 4.75. The Kier molecular flexibility index (Phi) is 4.05. The second-order valence-corrected chi connectivity index (χ2v) is 5.08. The molecule has 110 valence electrons. The van der Waals surface area contributed by atoms with E-state index in [1.54, 1.807) is 0 Å². The molecule has 3 nitrogen and oxygen atoms in total. The fraction of sp³-hybridized carbons (Fsp3) is 0.105. The number of benzene rings is 2. The average Bonchev–Trinajstić information content (AvgIpc) is 2.56. The van der Waals surface area contributed by atoms with Gasteiger partial charge in [-0.15, -0.1) is 13.2 Å². The van der Waals surface area contributed by atoms with Crippen LogP contribution in [0.3, 0.4) is 0 Å². The van der Waals surface area contributed by atoms with Crippen molar-refractivity contribution in [3.63, 3.8) is 0 Å². The van der Waals surface area contributed by atoms with Gasteiger partial charge in [0.2, 0.25) is 0 Å². The van der Waals surface area contributed by atoms with Gasteiger partial charge in [-0.3, -0.25) is 0 Å². The second-order valence-electron chi connectivity index (χ2n) is 5.08. The van der Waals surface area contributed by atoms with Gasteiger partial charge in [0.15, 0.2) is 0 Å². The largest absolute Gasteiger partial charge is 0.380 e. The highest BCUT2D eigenvalue weighted by Crippen LogP contribution is 2.32. The Labute approximate surface area is 130 Å². The zero-order valence-corrected chi connectivity index (χ0v) is 12.5. The lowest BCUT2D eigenvalue weighted by molar-refractivity contribution is 1.30. The predicted molar refractivity (Wildman–Crippen MR) is 96.6 cm³/mol. The van der Waals surface area contributed by atoms with Gasteiger partial charge >= 0.3 is 0 Å². The molecule has 0 spiro atoms. The lowest BCUT2D eigenvalue weighted by Gasteiger charge is -2.15. The molecular weight excluding hydrogens is 270 g/mol. The van der Waals surface area contributed by atoms with E-state index in [0.29, 0.717) is 6.54 Å². The summed E-state index contributed by atoms with van der Waals surface area (Å²) in [5.41, 5.74) is 4.09. The summed E-state index contributed by atoms with van der Waals surface area (Å²) in [6.45, 7) is 8.96. The van der Waals surface area contributed by atoms with Crippen LogP contribution >= 0.6 is 0 Å². The molecule has 3 heteroatoms. The van der Waals surface area contributed by atoms with Crippen molar-refractivity contribution in [3.05, 3.63) is 67.8 Å². The molecule has 0 atom stereocenters. The molecule has 3 rings (SSSR count). The van der Waals surface area contributed by atoms with E-state index in [-0.39, 0.29) is 0 Å². The Morgan fingerprint density at radius 1 is 0.909 bits per heavy atom. The molecule has 1 heterocycles. The highest BCUT2D eigenvalue weighted by atomic mass is 14.9. The summed E-state index contributed by atoms with van der Waals surface area (Å²) in [7, 11) is 0.